The smallest absolute Gasteiger partial charge is 0.261 e. The van der Waals surface area contributed by atoms with Crippen molar-refractivity contribution in [3.05, 3.63) is 65.6 Å². The van der Waals surface area contributed by atoms with E-state index in [2.05, 4.69) is 29.2 Å². The van der Waals surface area contributed by atoms with Gasteiger partial charge in [0, 0.05) is 37.9 Å². The third-order valence-corrected chi connectivity index (χ3v) is 5.36. The topological polar surface area (TPSA) is 64.2 Å². The maximum atomic E-state index is 12.5. The molecule has 4 aromatic heterocycles. The maximum absolute atomic E-state index is 12.5. The number of carbonyl (C=O) groups excluding carboxylic acids is 1. The van der Waals surface area contributed by atoms with Gasteiger partial charge in [0.25, 0.3) is 5.91 Å². The summed E-state index contributed by atoms with van der Waals surface area (Å²) in [6.07, 6.45) is 7.41. The molecular formula is C20H21N5OS. The van der Waals surface area contributed by atoms with Crippen LogP contribution in [0.1, 0.15) is 29.1 Å². The first-order valence-electron chi connectivity index (χ1n) is 8.92. The summed E-state index contributed by atoms with van der Waals surface area (Å²) in [6, 6.07) is 9.82. The molecule has 0 aliphatic rings. The van der Waals surface area contributed by atoms with Crippen LogP contribution < -0.4 is 5.32 Å². The zero-order chi connectivity index (χ0) is 18.8. The van der Waals surface area contributed by atoms with Gasteiger partial charge in [-0.25, -0.2) is 4.98 Å². The summed E-state index contributed by atoms with van der Waals surface area (Å²) in [6.45, 7) is 5.66. The lowest BCUT2D eigenvalue weighted by molar-refractivity contribution is 0.0955. The zero-order valence-electron chi connectivity index (χ0n) is 15.3. The minimum atomic E-state index is -0.0654. The highest BCUT2D eigenvalue weighted by Crippen LogP contribution is 2.28. The molecular weight excluding hydrogens is 358 g/mol. The van der Waals surface area contributed by atoms with E-state index in [9.17, 15) is 4.79 Å². The highest BCUT2D eigenvalue weighted by molar-refractivity contribution is 7.17. The van der Waals surface area contributed by atoms with Crippen molar-refractivity contribution in [2.45, 2.75) is 26.9 Å². The third-order valence-electron chi connectivity index (χ3n) is 4.25. The van der Waals surface area contributed by atoms with E-state index in [0.29, 0.717) is 17.3 Å². The van der Waals surface area contributed by atoms with Crippen molar-refractivity contribution < 1.29 is 4.79 Å². The molecule has 0 saturated carbocycles. The summed E-state index contributed by atoms with van der Waals surface area (Å²) in [5.74, 6) is 0.447. The van der Waals surface area contributed by atoms with Gasteiger partial charge in [0.15, 0.2) is 0 Å². The van der Waals surface area contributed by atoms with E-state index in [1.165, 1.54) is 11.3 Å². The van der Waals surface area contributed by atoms with Crippen molar-refractivity contribution in [2.75, 3.05) is 0 Å². The van der Waals surface area contributed by atoms with Gasteiger partial charge in [-0.15, -0.1) is 11.3 Å². The Labute approximate surface area is 161 Å². The van der Waals surface area contributed by atoms with Crippen LogP contribution >= 0.6 is 11.3 Å². The minimum absolute atomic E-state index is 0.0654. The van der Waals surface area contributed by atoms with E-state index in [1.807, 2.05) is 58.0 Å². The first kappa shape index (κ1) is 17.5. The average Bonchev–Trinajstić information content (AvgIpc) is 3.38. The number of nitrogens with zero attached hydrogens (tertiary/aromatic N) is 4. The molecule has 1 amide bonds. The molecule has 0 atom stereocenters. The second-order valence-electron chi connectivity index (χ2n) is 6.87. The van der Waals surface area contributed by atoms with Gasteiger partial charge in [0.2, 0.25) is 0 Å². The second-order valence-corrected chi connectivity index (χ2v) is 7.95. The van der Waals surface area contributed by atoms with Gasteiger partial charge in [0.1, 0.15) is 5.65 Å². The number of imidazole rings is 1. The Bertz CT molecular complexity index is 1070. The van der Waals surface area contributed by atoms with Crippen molar-refractivity contribution in [1.82, 2.24) is 24.5 Å². The van der Waals surface area contributed by atoms with Crippen LogP contribution in [0.5, 0.6) is 0 Å². The Morgan fingerprint density at radius 1 is 1.19 bits per heavy atom. The van der Waals surface area contributed by atoms with Crippen LogP contribution in [0.15, 0.2) is 55.1 Å². The summed E-state index contributed by atoms with van der Waals surface area (Å²) in [5.41, 5.74) is 2.95. The molecule has 1 N–H and O–H groups in total. The molecule has 4 heterocycles. The van der Waals surface area contributed by atoms with Crippen molar-refractivity contribution in [3.63, 3.8) is 0 Å². The Kier molecular flexibility index (Phi) is 4.77. The molecule has 4 rings (SSSR count). The van der Waals surface area contributed by atoms with Crippen LogP contribution in [0.3, 0.4) is 0 Å². The summed E-state index contributed by atoms with van der Waals surface area (Å²) in [4.78, 5) is 18.6. The fourth-order valence-corrected chi connectivity index (χ4v) is 3.91. The highest BCUT2D eigenvalue weighted by atomic mass is 32.1. The molecule has 6 nitrogen and oxygen atoms in total. The molecule has 138 valence electrons. The summed E-state index contributed by atoms with van der Waals surface area (Å²) >= 11 is 1.49. The van der Waals surface area contributed by atoms with E-state index in [4.69, 9.17) is 0 Å². The Morgan fingerprint density at radius 3 is 2.93 bits per heavy atom. The van der Waals surface area contributed by atoms with E-state index in [-0.39, 0.29) is 5.91 Å². The van der Waals surface area contributed by atoms with Crippen LogP contribution in [0.4, 0.5) is 0 Å². The van der Waals surface area contributed by atoms with E-state index >= 15 is 0 Å². The van der Waals surface area contributed by atoms with Crippen LogP contribution in [0.25, 0.3) is 16.2 Å². The standard InChI is InChI=1S/C20H21N5OS/c1-14(2)13-25-16(5-7-23-25)17-3-4-18(27-17)20(26)22-12-15-6-9-24-10-8-21-19(24)11-15/h3-11,14H,12-13H2,1-2H3,(H,22,26). The largest absolute Gasteiger partial charge is 0.347 e. The fraction of sp³-hybridized carbons (Fsp3) is 0.250. The maximum Gasteiger partial charge on any atom is 0.261 e. The normalized spacial score (nSPS) is 11.4. The summed E-state index contributed by atoms with van der Waals surface area (Å²) in [7, 11) is 0. The van der Waals surface area contributed by atoms with Crippen LogP contribution in [-0.2, 0) is 13.1 Å². The number of hydrogen-bond donors (Lipinski definition) is 1. The monoisotopic (exact) mass is 379 g/mol. The number of amides is 1. The zero-order valence-corrected chi connectivity index (χ0v) is 16.1. The van der Waals surface area contributed by atoms with Crippen molar-refractivity contribution in [1.29, 1.82) is 0 Å². The van der Waals surface area contributed by atoms with Crippen molar-refractivity contribution >= 4 is 22.9 Å². The third kappa shape index (κ3) is 3.78. The molecule has 0 aliphatic heterocycles. The van der Waals surface area contributed by atoms with Crippen LogP contribution in [0, 0.1) is 5.92 Å². The number of pyridine rings is 1. The molecule has 0 unspecified atom stereocenters. The molecule has 0 saturated heterocycles. The van der Waals surface area contributed by atoms with Crippen LogP contribution in [-0.4, -0.2) is 25.1 Å². The van der Waals surface area contributed by atoms with Gasteiger partial charge in [-0.05, 0) is 41.8 Å². The van der Waals surface area contributed by atoms with E-state index in [1.54, 1.807) is 6.20 Å². The number of hydrogen-bond acceptors (Lipinski definition) is 4. The molecule has 4 aromatic rings. The molecule has 0 fully saturated rings. The van der Waals surface area contributed by atoms with E-state index in [0.717, 1.165) is 28.3 Å². The fourth-order valence-electron chi connectivity index (χ4n) is 2.96. The Hall–Kier alpha value is -2.93. The van der Waals surface area contributed by atoms with Gasteiger partial charge in [0.05, 0.1) is 15.4 Å². The van der Waals surface area contributed by atoms with E-state index < -0.39 is 0 Å². The average molecular weight is 379 g/mol. The van der Waals surface area contributed by atoms with Crippen molar-refractivity contribution in [2.24, 2.45) is 5.92 Å². The van der Waals surface area contributed by atoms with Gasteiger partial charge in [-0.1, -0.05) is 13.8 Å². The number of carbonyl (C=O) groups is 1. The molecule has 0 bridgehead atoms. The molecule has 0 aliphatic carbocycles. The Morgan fingerprint density at radius 2 is 2.07 bits per heavy atom. The first-order chi connectivity index (χ1) is 13.1. The van der Waals surface area contributed by atoms with Gasteiger partial charge in [-0.3, -0.25) is 9.48 Å². The van der Waals surface area contributed by atoms with Crippen LogP contribution in [0.2, 0.25) is 0 Å². The predicted octanol–water partition coefficient (Wildman–Crippen LogP) is 3.85. The number of fused-ring (bicyclic) bond motifs is 1. The van der Waals surface area contributed by atoms with Crippen molar-refractivity contribution in [3.8, 4) is 10.6 Å². The SMILES string of the molecule is CC(C)Cn1nccc1-c1ccc(C(=O)NCc2ccn3ccnc3c2)s1. The lowest BCUT2D eigenvalue weighted by Crippen LogP contribution is -2.21. The lowest BCUT2D eigenvalue weighted by Gasteiger charge is -2.08. The van der Waals surface area contributed by atoms with Gasteiger partial charge < -0.3 is 9.72 Å². The summed E-state index contributed by atoms with van der Waals surface area (Å²) in [5, 5.41) is 7.39. The highest BCUT2D eigenvalue weighted by Gasteiger charge is 2.13. The minimum Gasteiger partial charge on any atom is -0.347 e. The first-order valence-corrected chi connectivity index (χ1v) is 9.73. The Balaban J connectivity index is 1.45. The van der Waals surface area contributed by atoms with Gasteiger partial charge >= 0.3 is 0 Å². The molecule has 0 radical (unpaired) electrons. The number of thiophene rings is 1. The molecule has 0 aromatic carbocycles. The summed E-state index contributed by atoms with van der Waals surface area (Å²) < 4.78 is 3.94. The molecule has 7 heteroatoms. The number of nitrogens with one attached hydrogen (secondary N) is 1. The molecule has 27 heavy (non-hydrogen) atoms. The lowest BCUT2D eigenvalue weighted by atomic mass is 10.2. The molecule has 0 spiro atoms. The quantitative estimate of drug-likeness (QED) is 0.553. The second kappa shape index (κ2) is 7.36. The predicted molar refractivity (Wildman–Crippen MR) is 107 cm³/mol. The van der Waals surface area contributed by atoms with Gasteiger partial charge in [-0.2, -0.15) is 5.10 Å². The number of rotatable bonds is 6. The number of aromatic nitrogens is 4.